The van der Waals surface area contributed by atoms with Gasteiger partial charge in [-0.3, -0.25) is 9.59 Å². The third-order valence-electron chi connectivity index (χ3n) is 8.46. The summed E-state index contributed by atoms with van der Waals surface area (Å²) < 4.78 is 42.3. The van der Waals surface area contributed by atoms with Gasteiger partial charge < -0.3 is 10.2 Å². The average Bonchev–Trinajstić information content (AvgIpc) is 2.75. The minimum atomic E-state index is -4.46. The molecular formula is C27H35F3N2O2. The summed E-state index contributed by atoms with van der Waals surface area (Å²) in [7, 11) is 1.79. The summed E-state index contributed by atoms with van der Waals surface area (Å²) in [5.74, 6) is -3.85. The number of hydrogen-bond acceptors (Lipinski definition) is 2. The second kappa shape index (κ2) is 8.42. The van der Waals surface area contributed by atoms with Gasteiger partial charge in [0.15, 0.2) is 0 Å². The summed E-state index contributed by atoms with van der Waals surface area (Å²) in [5, 5.41) is 2.80. The van der Waals surface area contributed by atoms with Crippen LogP contribution in [0.3, 0.4) is 0 Å². The van der Waals surface area contributed by atoms with Gasteiger partial charge in [-0.2, -0.15) is 13.2 Å². The van der Waals surface area contributed by atoms with Gasteiger partial charge in [-0.25, -0.2) is 0 Å². The number of benzene rings is 1. The predicted molar refractivity (Wildman–Crippen MR) is 126 cm³/mol. The van der Waals surface area contributed by atoms with Crippen molar-refractivity contribution in [2.45, 2.75) is 77.4 Å². The first-order chi connectivity index (χ1) is 15.7. The van der Waals surface area contributed by atoms with Crippen LogP contribution in [0.15, 0.2) is 35.9 Å². The lowest BCUT2D eigenvalue weighted by atomic mass is 9.54. The summed E-state index contributed by atoms with van der Waals surface area (Å²) >= 11 is 0. The number of hydrogen-bond donors (Lipinski definition) is 1. The van der Waals surface area contributed by atoms with E-state index in [1.54, 1.807) is 30.2 Å². The molecular weight excluding hydrogens is 441 g/mol. The molecule has 1 aromatic carbocycles. The number of nitrogens with zero attached hydrogens (tertiary/aromatic N) is 1. The van der Waals surface area contributed by atoms with Gasteiger partial charge in [0.1, 0.15) is 0 Å². The number of carbonyl (C=O) groups is 2. The molecule has 5 atom stereocenters. The Morgan fingerprint density at radius 1 is 1.12 bits per heavy atom. The Morgan fingerprint density at radius 2 is 1.76 bits per heavy atom. The molecule has 2 fully saturated rings. The molecule has 2 aliphatic carbocycles. The van der Waals surface area contributed by atoms with Crippen LogP contribution in [0.1, 0.15) is 65.4 Å². The van der Waals surface area contributed by atoms with Crippen LogP contribution < -0.4 is 5.32 Å². The van der Waals surface area contributed by atoms with Crippen molar-refractivity contribution in [3.05, 3.63) is 41.5 Å². The van der Waals surface area contributed by atoms with Crippen LogP contribution in [0, 0.1) is 23.2 Å². The zero-order chi connectivity index (χ0) is 25.1. The summed E-state index contributed by atoms with van der Waals surface area (Å²) in [5.41, 5.74) is 2.08. The van der Waals surface area contributed by atoms with Crippen molar-refractivity contribution in [1.82, 2.24) is 4.90 Å². The predicted octanol–water partition coefficient (Wildman–Crippen LogP) is 6.08. The molecule has 1 saturated heterocycles. The van der Waals surface area contributed by atoms with Crippen LogP contribution in [0.2, 0.25) is 0 Å². The average molecular weight is 477 g/mol. The quantitative estimate of drug-likeness (QED) is 0.526. The van der Waals surface area contributed by atoms with E-state index in [1.807, 2.05) is 12.1 Å². The molecule has 1 heterocycles. The van der Waals surface area contributed by atoms with E-state index in [4.69, 9.17) is 0 Å². The monoisotopic (exact) mass is 476 g/mol. The topological polar surface area (TPSA) is 49.4 Å². The van der Waals surface area contributed by atoms with E-state index in [0.717, 1.165) is 11.1 Å². The Hall–Kier alpha value is -2.31. The van der Waals surface area contributed by atoms with E-state index < -0.39 is 35.3 Å². The van der Waals surface area contributed by atoms with Gasteiger partial charge in [-0.05, 0) is 54.7 Å². The van der Waals surface area contributed by atoms with Gasteiger partial charge >= 0.3 is 6.18 Å². The fourth-order valence-corrected chi connectivity index (χ4v) is 6.50. The van der Waals surface area contributed by atoms with Crippen LogP contribution >= 0.6 is 0 Å². The van der Waals surface area contributed by atoms with E-state index in [2.05, 4.69) is 33.0 Å². The van der Waals surface area contributed by atoms with E-state index >= 15 is 0 Å². The molecule has 1 saturated carbocycles. The normalized spacial score (nSPS) is 31.9. The summed E-state index contributed by atoms with van der Waals surface area (Å²) in [6.45, 7) is 8.31. The molecule has 34 heavy (non-hydrogen) atoms. The molecule has 1 aromatic rings. The molecule has 1 aliphatic heterocycles. The molecule has 0 spiro atoms. The van der Waals surface area contributed by atoms with Crippen molar-refractivity contribution in [2.75, 3.05) is 12.4 Å². The lowest BCUT2D eigenvalue weighted by Gasteiger charge is -2.56. The number of likely N-dealkylation sites (tertiary alicyclic amines) is 1. The third kappa shape index (κ3) is 4.27. The van der Waals surface area contributed by atoms with Crippen LogP contribution in [-0.2, 0) is 15.0 Å². The summed E-state index contributed by atoms with van der Waals surface area (Å²) in [4.78, 5) is 27.5. The number of piperidine rings is 1. The lowest BCUT2D eigenvalue weighted by Crippen LogP contribution is -2.58. The SMILES string of the molecule is CN1C(=O)CC[C@]2(C)C3=CCC(C(F)(F)F)C(C(=O)Nc4ccc(C(C)(C)C)cc4)C3CCC12. The van der Waals surface area contributed by atoms with Crippen LogP contribution in [0.5, 0.6) is 0 Å². The Kier molecular flexibility index (Phi) is 6.14. The smallest absolute Gasteiger partial charge is 0.342 e. The highest BCUT2D eigenvalue weighted by Gasteiger charge is 2.58. The molecule has 3 aliphatic rings. The molecule has 1 N–H and O–H groups in total. The largest absolute Gasteiger partial charge is 0.392 e. The molecule has 0 radical (unpaired) electrons. The standard InChI is InChI=1S/C27H35F3N2O2/c1-25(2,3)16-6-8-17(9-7-16)31-24(34)23-18-10-13-21-26(4,15-14-22(33)32(21)5)19(18)11-12-20(23)27(28,29)30/h6-9,11,18,20-21,23H,10,12-15H2,1-5H3,(H,31,34)/t18?,20?,21?,23?,26-/m1/s1. The van der Waals surface area contributed by atoms with Crippen molar-refractivity contribution < 1.29 is 22.8 Å². The van der Waals surface area contributed by atoms with E-state index in [1.165, 1.54) is 0 Å². The van der Waals surface area contributed by atoms with Gasteiger partial charge in [0.05, 0.1) is 11.8 Å². The van der Waals surface area contributed by atoms with Crippen molar-refractivity contribution in [3.63, 3.8) is 0 Å². The number of alkyl halides is 3. The number of anilines is 1. The highest BCUT2D eigenvalue weighted by Crippen LogP contribution is 2.57. The van der Waals surface area contributed by atoms with Crippen molar-refractivity contribution in [3.8, 4) is 0 Å². The molecule has 0 aromatic heterocycles. The molecule has 4 nitrogen and oxygen atoms in total. The van der Waals surface area contributed by atoms with E-state index in [9.17, 15) is 22.8 Å². The van der Waals surface area contributed by atoms with E-state index in [-0.39, 0.29) is 23.8 Å². The van der Waals surface area contributed by atoms with Gasteiger partial charge in [0, 0.05) is 30.6 Å². The second-order valence-electron chi connectivity index (χ2n) is 11.5. The fraction of sp³-hybridized carbons (Fsp3) is 0.630. The number of rotatable bonds is 2. The Labute approximate surface area is 200 Å². The second-order valence-corrected chi connectivity index (χ2v) is 11.5. The maximum absolute atomic E-state index is 14.1. The molecule has 186 valence electrons. The van der Waals surface area contributed by atoms with Crippen LogP contribution in [0.4, 0.5) is 18.9 Å². The molecule has 2 amide bonds. The first-order valence-electron chi connectivity index (χ1n) is 12.2. The minimum absolute atomic E-state index is 0.0349. The summed E-state index contributed by atoms with van der Waals surface area (Å²) in [6.07, 6.45) is -0.851. The van der Waals surface area contributed by atoms with Crippen molar-refractivity contribution in [1.29, 1.82) is 0 Å². The first-order valence-corrected chi connectivity index (χ1v) is 12.2. The maximum Gasteiger partial charge on any atom is 0.392 e. The highest BCUT2D eigenvalue weighted by molar-refractivity contribution is 5.93. The number of halogens is 3. The fourth-order valence-electron chi connectivity index (χ4n) is 6.50. The molecule has 7 heteroatoms. The zero-order valence-corrected chi connectivity index (χ0v) is 20.6. The maximum atomic E-state index is 14.1. The van der Waals surface area contributed by atoms with Crippen LogP contribution in [-0.4, -0.2) is 36.0 Å². The Morgan fingerprint density at radius 3 is 2.35 bits per heavy atom. The van der Waals surface area contributed by atoms with Gasteiger partial charge in [0.2, 0.25) is 11.8 Å². The lowest BCUT2D eigenvalue weighted by molar-refractivity contribution is -0.197. The number of fused-ring (bicyclic) bond motifs is 3. The number of allylic oxidation sites excluding steroid dienone is 1. The van der Waals surface area contributed by atoms with Crippen LogP contribution in [0.25, 0.3) is 0 Å². The number of amides is 2. The molecule has 4 rings (SSSR count). The van der Waals surface area contributed by atoms with Crippen molar-refractivity contribution in [2.24, 2.45) is 23.2 Å². The van der Waals surface area contributed by atoms with Crippen molar-refractivity contribution >= 4 is 17.5 Å². The van der Waals surface area contributed by atoms with Gasteiger partial charge in [-0.1, -0.05) is 51.5 Å². The zero-order valence-electron chi connectivity index (χ0n) is 20.6. The van der Waals surface area contributed by atoms with Gasteiger partial charge in [0.25, 0.3) is 0 Å². The third-order valence-corrected chi connectivity index (χ3v) is 8.46. The molecule has 4 unspecified atom stereocenters. The Balaban J connectivity index is 1.64. The van der Waals surface area contributed by atoms with E-state index in [0.29, 0.717) is 31.4 Å². The number of carbonyl (C=O) groups excluding carboxylic acids is 2. The highest BCUT2D eigenvalue weighted by atomic mass is 19.4. The summed E-state index contributed by atoms with van der Waals surface area (Å²) in [6, 6.07) is 7.31. The minimum Gasteiger partial charge on any atom is -0.342 e. The molecule has 0 bridgehead atoms. The number of nitrogens with one attached hydrogen (secondary N) is 1. The Bertz CT molecular complexity index is 993. The first kappa shape index (κ1) is 24.8. The van der Waals surface area contributed by atoms with Gasteiger partial charge in [-0.15, -0.1) is 0 Å².